The van der Waals surface area contributed by atoms with E-state index in [4.69, 9.17) is 25.8 Å². The van der Waals surface area contributed by atoms with Crippen LogP contribution in [0.2, 0.25) is 5.02 Å². The number of rotatable bonds is 6. The molecule has 0 amide bonds. The van der Waals surface area contributed by atoms with Crippen molar-refractivity contribution in [2.45, 2.75) is 13.1 Å². The van der Waals surface area contributed by atoms with E-state index in [2.05, 4.69) is 32.7 Å². The van der Waals surface area contributed by atoms with Gasteiger partial charge in [0.15, 0.2) is 11.5 Å². The minimum atomic E-state index is 0.577. The molecule has 1 aliphatic rings. The number of pyridine rings is 1. The Kier molecular flexibility index (Phi) is 6.43. The third-order valence-electron chi connectivity index (χ3n) is 5.99. The third-order valence-corrected chi connectivity index (χ3v) is 6.22. The van der Waals surface area contributed by atoms with Crippen LogP contribution in [-0.2, 0) is 13.1 Å². The second-order valence-electron chi connectivity index (χ2n) is 8.13. The number of ether oxygens (including phenoxy) is 3. The molecule has 1 aliphatic heterocycles. The van der Waals surface area contributed by atoms with Crippen LogP contribution in [0.25, 0.3) is 16.9 Å². The first kappa shape index (κ1) is 22.3. The standard InChI is InChI=1S/C27H26ClN3O3/c1-32-24-9-8-21(28)16-23(24)19-14-20-17-30(12-13-34-27(20)25(15-19)33-2)18-22-6-5-11-31(22)26-7-3-4-10-29-26/h3-11,14-16H,12-13,17-18H2,1-2H3. The highest BCUT2D eigenvalue weighted by molar-refractivity contribution is 6.31. The summed E-state index contributed by atoms with van der Waals surface area (Å²) in [5.74, 6) is 3.15. The van der Waals surface area contributed by atoms with Crippen LogP contribution in [0.15, 0.2) is 73.1 Å². The summed E-state index contributed by atoms with van der Waals surface area (Å²) in [5, 5.41) is 0.651. The average molecular weight is 476 g/mol. The normalized spacial score (nSPS) is 13.6. The Bertz CT molecular complexity index is 1290. The van der Waals surface area contributed by atoms with Crippen molar-refractivity contribution in [1.82, 2.24) is 14.5 Å². The number of benzene rings is 2. The van der Waals surface area contributed by atoms with Crippen LogP contribution < -0.4 is 14.2 Å². The highest BCUT2D eigenvalue weighted by Gasteiger charge is 2.22. The van der Waals surface area contributed by atoms with Crippen LogP contribution >= 0.6 is 11.6 Å². The van der Waals surface area contributed by atoms with Crippen molar-refractivity contribution >= 4 is 11.6 Å². The molecule has 2 aromatic heterocycles. The van der Waals surface area contributed by atoms with Crippen LogP contribution in [0.4, 0.5) is 0 Å². The molecule has 0 aliphatic carbocycles. The molecule has 34 heavy (non-hydrogen) atoms. The van der Waals surface area contributed by atoms with Crippen molar-refractivity contribution in [1.29, 1.82) is 0 Å². The smallest absolute Gasteiger partial charge is 0.165 e. The van der Waals surface area contributed by atoms with E-state index in [-0.39, 0.29) is 0 Å². The second kappa shape index (κ2) is 9.79. The zero-order valence-electron chi connectivity index (χ0n) is 19.2. The summed E-state index contributed by atoms with van der Waals surface area (Å²) >= 11 is 6.31. The quantitative estimate of drug-likeness (QED) is 0.363. The monoisotopic (exact) mass is 475 g/mol. The molecule has 3 heterocycles. The molecule has 0 atom stereocenters. The molecular weight excluding hydrogens is 450 g/mol. The van der Waals surface area contributed by atoms with Crippen molar-refractivity contribution in [3.05, 3.63) is 89.3 Å². The molecule has 0 saturated carbocycles. The average Bonchev–Trinajstić information content (AvgIpc) is 3.22. The highest BCUT2D eigenvalue weighted by atomic mass is 35.5. The lowest BCUT2D eigenvalue weighted by atomic mass is 10.0. The number of methoxy groups -OCH3 is 2. The Morgan fingerprint density at radius 1 is 1.00 bits per heavy atom. The molecule has 4 aromatic rings. The van der Waals surface area contributed by atoms with E-state index < -0.39 is 0 Å². The zero-order chi connectivity index (χ0) is 23.5. The van der Waals surface area contributed by atoms with Crippen LogP contribution in [-0.4, -0.2) is 41.8 Å². The summed E-state index contributed by atoms with van der Waals surface area (Å²) in [6.07, 6.45) is 3.86. The molecule has 0 saturated heterocycles. The first-order chi connectivity index (χ1) is 16.7. The Morgan fingerprint density at radius 3 is 2.68 bits per heavy atom. The van der Waals surface area contributed by atoms with Gasteiger partial charge in [-0.2, -0.15) is 0 Å². The van der Waals surface area contributed by atoms with Gasteiger partial charge in [0.05, 0.1) is 14.2 Å². The van der Waals surface area contributed by atoms with Gasteiger partial charge in [-0.15, -0.1) is 0 Å². The highest BCUT2D eigenvalue weighted by Crippen LogP contribution is 2.41. The fourth-order valence-electron chi connectivity index (χ4n) is 4.38. The molecule has 6 nitrogen and oxygen atoms in total. The van der Waals surface area contributed by atoms with Crippen LogP contribution in [0.3, 0.4) is 0 Å². The lowest BCUT2D eigenvalue weighted by Crippen LogP contribution is -2.26. The maximum Gasteiger partial charge on any atom is 0.165 e. The van der Waals surface area contributed by atoms with Gasteiger partial charge in [0.1, 0.15) is 18.2 Å². The van der Waals surface area contributed by atoms with Gasteiger partial charge in [-0.25, -0.2) is 4.98 Å². The third kappa shape index (κ3) is 4.47. The van der Waals surface area contributed by atoms with Crippen molar-refractivity contribution in [3.8, 4) is 34.2 Å². The maximum absolute atomic E-state index is 6.31. The zero-order valence-corrected chi connectivity index (χ0v) is 20.0. The first-order valence-corrected chi connectivity index (χ1v) is 11.5. The number of nitrogens with zero attached hydrogens (tertiary/aromatic N) is 3. The molecule has 174 valence electrons. The largest absolute Gasteiger partial charge is 0.496 e. The molecule has 0 spiro atoms. The fraction of sp³-hybridized carbons (Fsp3) is 0.222. The Labute approximate surface area is 204 Å². The van der Waals surface area contributed by atoms with E-state index in [1.807, 2.05) is 54.9 Å². The molecule has 7 heteroatoms. The first-order valence-electron chi connectivity index (χ1n) is 11.1. The minimum absolute atomic E-state index is 0.577. The van der Waals surface area contributed by atoms with E-state index in [0.29, 0.717) is 17.4 Å². The number of hydrogen-bond acceptors (Lipinski definition) is 5. The number of hydrogen-bond donors (Lipinski definition) is 0. The Balaban J connectivity index is 1.48. The number of halogens is 1. The van der Waals surface area contributed by atoms with Crippen molar-refractivity contribution < 1.29 is 14.2 Å². The molecule has 0 unspecified atom stereocenters. The van der Waals surface area contributed by atoms with Gasteiger partial charge in [0.2, 0.25) is 0 Å². The van der Waals surface area contributed by atoms with E-state index in [1.165, 1.54) is 5.69 Å². The summed E-state index contributed by atoms with van der Waals surface area (Å²) in [5.41, 5.74) is 4.11. The molecule has 0 radical (unpaired) electrons. The summed E-state index contributed by atoms with van der Waals surface area (Å²) in [4.78, 5) is 6.88. The lowest BCUT2D eigenvalue weighted by Gasteiger charge is -2.21. The molecule has 0 fully saturated rings. The topological polar surface area (TPSA) is 48.8 Å². The van der Waals surface area contributed by atoms with Crippen molar-refractivity contribution in [3.63, 3.8) is 0 Å². The molecule has 0 bridgehead atoms. The number of aromatic nitrogens is 2. The van der Waals surface area contributed by atoms with E-state index in [9.17, 15) is 0 Å². The maximum atomic E-state index is 6.31. The van der Waals surface area contributed by atoms with Gasteiger partial charge >= 0.3 is 0 Å². The fourth-order valence-corrected chi connectivity index (χ4v) is 4.55. The van der Waals surface area contributed by atoms with E-state index in [1.54, 1.807) is 14.2 Å². The molecule has 0 N–H and O–H groups in total. The van der Waals surface area contributed by atoms with Gasteiger partial charge < -0.3 is 18.8 Å². The van der Waals surface area contributed by atoms with Gasteiger partial charge in [-0.1, -0.05) is 17.7 Å². The van der Waals surface area contributed by atoms with Crippen LogP contribution in [0, 0.1) is 0 Å². The summed E-state index contributed by atoms with van der Waals surface area (Å²) in [6.45, 7) is 2.85. The van der Waals surface area contributed by atoms with Crippen LogP contribution in [0.5, 0.6) is 17.2 Å². The Hall–Kier alpha value is -3.48. The molecule has 5 rings (SSSR count). The molecular formula is C27H26ClN3O3. The van der Waals surface area contributed by atoms with Crippen molar-refractivity contribution in [2.75, 3.05) is 27.4 Å². The predicted octanol–water partition coefficient (Wildman–Crippen LogP) is 5.60. The molecule has 2 aromatic carbocycles. The van der Waals surface area contributed by atoms with Gasteiger partial charge in [0.25, 0.3) is 0 Å². The predicted molar refractivity (Wildman–Crippen MR) is 133 cm³/mol. The Morgan fingerprint density at radius 2 is 1.88 bits per heavy atom. The lowest BCUT2D eigenvalue weighted by molar-refractivity contribution is 0.214. The summed E-state index contributed by atoms with van der Waals surface area (Å²) in [7, 11) is 3.33. The van der Waals surface area contributed by atoms with Gasteiger partial charge in [0, 0.05) is 53.9 Å². The summed E-state index contributed by atoms with van der Waals surface area (Å²) < 4.78 is 19.6. The van der Waals surface area contributed by atoms with Crippen LogP contribution in [0.1, 0.15) is 11.3 Å². The van der Waals surface area contributed by atoms with Gasteiger partial charge in [-0.3, -0.25) is 4.90 Å². The van der Waals surface area contributed by atoms with E-state index >= 15 is 0 Å². The van der Waals surface area contributed by atoms with Gasteiger partial charge in [-0.05, 0) is 60.2 Å². The minimum Gasteiger partial charge on any atom is -0.496 e. The van der Waals surface area contributed by atoms with Crippen molar-refractivity contribution in [2.24, 2.45) is 0 Å². The number of fused-ring (bicyclic) bond motifs is 1. The second-order valence-corrected chi connectivity index (χ2v) is 8.56. The summed E-state index contributed by atoms with van der Waals surface area (Å²) in [6, 6.07) is 19.9. The SMILES string of the molecule is COc1ccc(Cl)cc1-c1cc2c(c(OC)c1)OCCN(Cc1cccn1-c1ccccn1)C2. The van der Waals surface area contributed by atoms with E-state index in [0.717, 1.165) is 53.6 Å².